The molecule has 1 aromatic rings. The van der Waals surface area contributed by atoms with Crippen molar-refractivity contribution in [3.05, 3.63) is 23.7 Å². The summed E-state index contributed by atoms with van der Waals surface area (Å²) in [5, 5.41) is 9.45. The summed E-state index contributed by atoms with van der Waals surface area (Å²) in [5.41, 5.74) is 0.155. The number of likely N-dealkylation sites (tertiary alicyclic amines) is 1. The highest BCUT2D eigenvalue weighted by Gasteiger charge is 2.42. The molecular formula is C15H21NO4. The van der Waals surface area contributed by atoms with E-state index in [0.717, 1.165) is 12.0 Å². The number of amides is 1. The van der Waals surface area contributed by atoms with Gasteiger partial charge in [-0.1, -0.05) is 13.3 Å². The minimum atomic E-state index is -0.736. The van der Waals surface area contributed by atoms with E-state index in [-0.39, 0.29) is 5.91 Å². The van der Waals surface area contributed by atoms with E-state index in [4.69, 9.17) is 4.42 Å². The molecule has 1 amide bonds. The van der Waals surface area contributed by atoms with Crippen LogP contribution in [-0.2, 0) is 4.79 Å². The number of rotatable bonds is 4. The summed E-state index contributed by atoms with van der Waals surface area (Å²) < 4.78 is 5.22. The molecule has 1 saturated heterocycles. The molecule has 1 N–H and O–H groups in total. The lowest BCUT2D eigenvalue weighted by molar-refractivity contribution is -0.152. The number of carboxylic acid groups (broad SMARTS) is 1. The van der Waals surface area contributed by atoms with Gasteiger partial charge in [-0.25, -0.2) is 0 Å². The van der Waals surface area contributed by atoms with Gasteiger partial charge in [-0.3, -0.25) is 9.59 Å². The van der Waals surface area contributed by atoms with Crippen LogP contribution in [0.3, 0.4) is 0 Å². The van der Waals surface area contributed by atoms with E-state index in [9.17, 15) is 14.7 Å². The van der Waals surface area contributed by atoms with Gasteiger partial charge in [0.15, 0.2) is 5.76 Å². The average Bonchev–Trinajstić information content (AvgIpc) is 2.85. The third-order valence-corrected chi connectivity index (χ3v) is 4.25. The summed E-state index contributed by atoms with van der Waals surface area (Å²) in [5.74, 6) is -0.507. The maximum atomic E-state index is 12.3. The molecule has 0 unspecified atom stereocenters. The van der Waals surface area contributed by atoms with Crippen molar-refractivity contribution >= 4 is 11.9 Å². The minimum Gasteiger partial charge on any atom is -0.481 e. The van der Waals surface area contributed by atoms with Gasteiger partial charge < -0.3 is 14.4 Å². The quantitative estimate of drug-likeness (QED) is 0.919. The Morgan fingerprint density at radius 2 is 2.05 bits per heavy atom. The third-order valence-electron chi connectivity index (χ3n) is 4.25. The molecule has 0 aromatic carbocycles. The summed E-state index contributed by atoms with van der Waals surface area (Å²) >= 11 is 0. The maximum absolute atomic E-state index is 12.3. The summed E-state index contributed by atoms with van der Waals surface area (Å²) in [6.07, 6.45) is 4.05. The van der Waals surface area contributed by atoms with E-state index in [1.54, 1.807) is 11.0 Å². The molecule has 0 bridgehead atoms. The molecule has 1 aliphatic heterocycles. The fourth-order valence-electron chi connectivity index (χ4n) is 2.92. The number of piperidine rings is 1. The predicted octanol–water partition coefficient (Wildman–Crippen LogP) is 2.70. The van der Waals surface area contributed by atoms with Crippen molar-refractivity contribution < 1.29 is 19.1 Å². The second-order valence-corrected chi connectivity index (χ2v) is 5.56. The van der Waals surface area contributed by atoms with Gasteiger partial charge in [0.2, 0.25) is 0 Å². The topological polar surface area (TPSA) is 70.8 Å². The fraction of sp³-hybridized carbons (Fsp3) is 0.600. The highest BCUT2D eigenvalue weighted by molar-refractivity contribution is 5.93. The van der Waals surface area contributed by atoms with Gasteiger partial charge >= 0.3 is 5.97 Å². The van der Waals surface area contributed by atoms with Gasteiger partial charge in [0.25, 0.3) is 5.91 Å². The van der Waals surface area contributed by atoms with E-state index < -0.39 is 11.4 Å². The zero-order valence-electron chi connectivity index (χ0n) is 12.0. The molecule has 0 saturated carbocycles. The molecule has 0 spiro atoms. The molecule has 1 aromatic heterocycles. The van der Waals surface area contributed by atoms with Crippen molar-refractivity contribution in [3.8, 4) is 0 Å². The van der Waals surface area contributed by atoms with Crippen molar-refractivity contribution in [2.24, 2.45) is 5.41 Å². The first-order valence-electron chi connectivity index (χ1n) is 7.07. The Kier molecular flexibility index (Phi) is 4.16. The highest BCUT2D eigenvalue weighted by atomic mass is 16.4. The second-order valence-electron chi connectivity index (χ2n) is 5.56. The molecule has 0 aliphatic carbocycles. The zero-order chi connectivity index (χ0) is 14.8. The van der Waals surface area contributed by atoms with Crippen molar-refractivity contribution in [2.75, 3.05) is 13.1 Å². The number of aliphatic carboxylic acids is 1. The van der Waals surface area contributed by atoms with Crippen LogP contribution < -0.4 is 0 Å². The van der Waals surface area contributed by atoms with Crippen LogP contribution in [0.25, 0.3) is 0 Å². The fourth-order valence-corrected chi connectivity index (χ4v) is 2.92. The largest absolute Gasteiger partial charge is 0.481 e. The van der Waals surface area contributed by atoms with E-state index in [1.165, 1.54) is 6.26 Å². The van der Waals surface area contributed by atoms with Crippen LogP contribution in [-0.4, -0.2) is 35.0 Å². The number of carbonyl (C=O) groups excluding carboxylic acids is 1. The third kappa shape index (κ3) is 2.57. The Hall–Kier alpha value is -1.78. The molecule has 1 fully saturated rings. The number of carbonyl (C=O) groups is 2. The Morgan fingerprint density at radius 1 is 1.40 bits per heavy atom. The van der Waals surface area contributed by atoms with E-state index in [1.807, 2.05) is 13.8 Å². The van der Waals surface area contributed by atoms with Gasteiger partial charge in [-0.15, -0.1) is 0 Å². The molecule has 110 valence electrons. The van der Waals surface area contributed by atoms with Gasteiger partial charge in [0.1, 0.15) is 0 Å². The lowest BCUT2D eigenvalue weighted by Crippen LogP contribution is -2.46. The molecule has 2 heterocycles. The van der Waals surface area contributed by atoms with Crippen LogP contribution in [0.1, 0.15) is 48.7 Å². The molecule has 20 heavy (non-hydrogen) atoms. The van der Waals surface area contributed by atoms with Gasteiger partial charge in [-0.05, 0) is 32.3 Å². The SMILES string of the molecule is CCCC1(C(=O)O)CCN(C(=O)c2occc2C)CC1. The molecule has 2 rings (SSSR count). The molecule has 5 nitrogen and oxygen atoms in total. The minimum absolute atomic E-state index is 0.136. The molecule has 5 heteroatoms. The zero-order valence-corrected chi connectivity index (χ0v) is 12.0. The molecular weight excluding hydrogens is 258 g/mol. The Balaban J connectivity index is 2.05. The van der Waals surface area contributed by atoms with Crippen LogP contribution in [0.5, 0.6) is 0 Å². The van der Waals surface area contributed by atoms with Crippen molar-refractivity contribution in [1.82, 2.24) is 4.90 Å². The van der Waals surface area contributed by atoms with E-state index in [0.29, 0.717) is 38.1 Å². The average molecular weight is 279 g/mol. The standard InChI is InChI=1S/C15H21NO4/c1-3-5-15(14(18)19)6-8-16(9-7-15)13(17)12-11(2)4-10-20-12/h4,10H,3,5-9H2,1-2H3,(H,18,19). The van der Waals surface area contributed by atoms with Crippen LogP contribution in [0.15, 0.2) is 16.7 Å². The second kappa shape index (κ2) is 5.69. The molecule has 0 atom stereocenters. The molecule has 0 radical (unpaired) electrons. The first kappa shape index (κ1) is 14.6. The van der Waals surface area contributed by atoms with E-state index >= 15 is 0 Å². The Labute approximate surface area is 118 Å². The Bertz CT molecular complexity index is 498. The lowest BCUT2D eigenvalue weighted by atomic mass is 9.75. The van der Waals surface area contributed by atoms with Crippen molar-refractivity contribution in [3.63, 3.8) is 0 Å². The first-order valence-corrected chi connectivity index (χ1v) is 7.07. The summed E-state index contributed by atoms with van der Waals surface area (Å²) in [4.78, 5) is 25.5. The van der Waals surface area contributed by atoms with Crippen LogP contribution >= 0.6 is 0 Å². The molecule has 1 aliphatic rings. The van der Waals surface area contributed by atoms with E-state index in [2.05, 4.69) is 0 Å². The van der Waals surface area contributed by atoms with Crippen LogP contribution in [0, 0.1) is 12.3 Å². The number of carboxylic acids is 1. The summed E-state index contributed by atoms with van der Waals surface area (Å²) in [6.45, 7) is 4.78. The number of furan rings is 1. The number of hydrogen-bond acceptors (Lipinski definition) is 3. The smallest absolute Gasteiger partial charge is 0.309 e. The number of nitrogens with zero attached hydrogens (tertiary/aromatic N) is 1. The van der Waals surface area contributed by atoms with Gasteiger partial charge in [0, 0.05) is 18.7 Å². The lowest BCUT2D eigenvalue weighted by Gasteiger charge is -2.38. The van der Waals surface area contributed by atoms with Gasteiger partial charge in [0.05, 0.1) is 11.7 Å². The first-order chi connectivity index (χ1) is 9.50. The number of aryl methyl sites for hydroxylation is 1. The van der Waals surface area contributed by atoms with Crippen molar-refractivity contribution in [1.29, 1.82) is 0 Å². The monoisotopic (exact) mass is 279 g/mol. The normalized spacial score (nSPS) is 18.0. The summed E-state index contributed by atoms with van der Waals surface area (Å²) in [6, 6.07) is 1.76. The highest BCUT2D eigenvalue weighted by Crippen LogP contribution is 2.37. The summed E-state index contributed by atoms with van der Waals surface area (Å²) in [7, 11) is 0. The maximum Gasteiger partial charge on any atom is 0.309 e. The van der Waals surface area contributed by atoms with Crippen molar-refractivity contribution in [2.45, 2.75) is 39.5 Å². The van der Waals surface area contributed by atoms with Crippen LogP contribution in [0.4, 0.5) is 0 Å². The number of hydrogen-bond donors (Lipinski definition) is 1. The van der Waals surface area contributed by atoms with Gasteiger partial charge in [-0.2, -0.15) is 0 Å². The van der Waals surface area contributed by atoms with Crippen LogP contribution in [0.2, 0.25) is 0 Å². The predicted molar refractivity (Wildman–Crippen MR) is 73.6 cm³/mol. The Morgan fingerprint density at radius 3 is 2.50 bits per heavy atom.